The molecule has 0 spiro atoms. The second-order valence-corrected chi connectivity index (χ2v) is 6.97. The zero-order valence-electron chi connectivity index (χ0n) is 15.3. The number of hydrogen-bond donors (Lipinski definition) is 2. The number of amides is 2. The van der Waals surface area contributed by atoms with E-state index in [2.05, 4.69) is 5.32 Å². The number of nitrogens with one attached hydrogen (secondary N) is 1. The average Bonchev–Trinajstić information content (AvgIpc) is 3.06. The van der Waals surface area contributed by atoms with Gasteiger partial charge in [-0.1, -0.05) is 32.0 Å². The molecule has 1 aromatic carbocycles. The number of para-hydroxylation sites is 1. The van der Waals surface area contributed by atoms with Crippen LogP contribution in [0.2, 0.25) is 0 Å². The van der Waals surface area contributed by atoms with Crippen LogP contribution in [0.1, 0.15) is 33.6 Å². The van der Waals surface area contributed by atoms with Crippen molar-refractivity contribution in [3.63, 3.8) is 0 Å². The highest BCUT2D eigenvalue weighted by Gasteiger charge is 2.35. The van der Waals surface area contributed by atoms with E-state index in [0.717, 1.165) is 18.6 Å². The van der Waals surface area contributed by atoms with Crippen molar-refractivity contribution in [2.45, 2.75) is 51.7 Å². The Hall–Kier alpha value is -2.08. The van der Waals surface area contributed by atoms with Crippen molar-refractivity contribution in [1.82, 2.24) is 10.2 Å². The zero-order chi connectivity index (χ0) is 18.4. The molecule has 1 fully saturated rings. The maximum Gasteiger partial charge on any atom is 0.245 e. The van der Waals surface area contributed by atoms with Crippen molar-refractivity contribution < 1.29 is 14.3 Å². The Balaban J connectivity index is 2.00. The highest BCUT2D eigenvalue weighted by Crippen LogP contribution is 2.21. The van der Waals surface area contributed by atoms with Crippen molar-refractivity contribution >= 4 is 11.8 Å². The van der Waals surface area contributed by atoms with Gasteiger partial charge in [0.15, 0.2) is 0 Å². The van der Waals surface area contributed by atoms with Crippen LogP contribution < -0.4 is 15.8 Å². The van der Waals surface area contributed by atoms with E-state index in [-0.39, 0.29) is 23.8 Å². The van der Waals surface area contributed by atoms with Crippen molar-refractivity contribution in [2.75, 3.05) is 13.2 Å². The molecule has 2 rings (SSSR count). The van der Waals surface area contributed by atoms with E-state index in [1.807, 2.05) is 49.1 Å². The largest absolute Gasteiger partial charge is 0.491 e. The first-order valence-electron chi connectivity index (χ1n) is 8.94. The van der Waals surface area contributed by atoms with Crippen molar-refractivity contribution in [3.8, 4) is 5.75 Å². The molecule has 0 aromatic heterocycles. The Morgan fingerprint density at radius 1 is 1.28 bits per heavy atom. The van der Waals surface area contributed by atoms with Crippen LogP contribution in [-0.4, -0.2) is 48.0 Å². The molecular formula is C19H29N3O3. The number of likely N-dealkylation sites (tertiary alicyclic amines) is 1. The third-order valence-corrected chi connectivity index (χ3v) is 4.49. The fraction of sp³-hybridized carbons (Fsp3) is 0.579. The second kappa shape index (κ2) is 8.85. The molecule has 2 amide bonds. The molecule has 6 heteroatoms. The lowest BCUT2D eigenvalue weighted by Gasteiger charge is -2.31. The molecule has 25 heavy (non-hydrogen) atoms. The number of carbonyl (C=O) groups excluding carboxylic acids is 2. The van der Waals surface area contributed by atoms with Gasteiger partial charge in [-0.05, 0) is 37.8 Å². The third kappa shape index (κ3) is 5.19. The second-order valence-electron chi connectivity index (χ2n) is 6.97. The summed E-state index contributed by atoms with van der Waals surface area (Å²) in [7, 11) is 0. The number of carbonyl (C=O) groups is 2. The van der Waals surface area contributed by atoms with Crippen LogP contribution in [0.4, 0.5) is 0 Å². The molecule has 0 radical (unpaired) electrons. The first-order valence-corrected chi connectivity index (χ1v) is 8.94. The summed E-state index contributed by atoms with van der Waals surface area (Å²) in [6, 6.07) is 8.42. The van der Waals surface area contributed by atoms with Crippen LogP contribution in [0.15, 0.2) is 30.3 Å². The summed E-state index contributed by atoms with van der Waals surface area (Å²) in [6.45, 7) is 6.62. The SMILES string of the molecule is CC(C)[C@H](NC(=O)[C@H](C)N)C(=O)N1CCC[C@H]1COc1ccccc1. The zero-order valence-corrected chi connectivity index (χ0v) is 15.3. The standard InChI is InChI=1S/C19H29N3O3/c1-13(2)17(21-18(23)14(3)20)19(24)22-11-7-8-15(22)12-25-16-9-5-4-6-10-16/h4-6,9-10,13-15,17H,7-8,11-12,20H2,1-3H3,(H,21,23)/t14-,15-,17-/m0/s1. The Morgan fingerprint density at radius 3 is 2.56 bits per heavy atom. The molecular weight excluding hydrogens is 318 g/mol. The summed E-state index contributed by atoms with van der Waals surface area (Å²) in [5, 5.41) is 2.79. The minimum atomic E-state index is -0.634. The van der Waals surface area contributed by atoms with Gasteiger partial charge < -0.3 is 20.7 Å². The topological polar surface area (TPSA) is 84.7 Å². The Labute approximate surface area is 149 Å². The molecule has 1 saturated heterocycles. The molecule has 3 N–H and O–H groups in total. The molecule has 1 aliphatic heterocycles. The van der Waals surface area contributed by atoms with Crippen LogP contribution in [0, 0.1) is 5.92 Å². The van der Waals surface area contributed by atoms with Gasteiger partial charge in [-0.25, -0.2) is 0 Å². The smallest absolute Gasteiger partial charge is 0.245 e. The summed E-state index contributed by atoms with van der Waals surface area (Å²) in [6.07, 6.45) is 1.85. The first-order chi connectivity index (χ1) is 11.9. The highest BCUT2D eigenvalue weighted by atomic mass is 16.5. The van der Waals surface area contributed by atoms with Gasteiger partial charge in [0.25, 0.3) is 0 Å². The van der Waals surface area contributed by atoms with E-state index in [4.69, 9.17) is 10.5 Å². The van der Waals surface area contributed by atoms with Gasteiger partial charge in [0, 0.05) is 6.54 Å². The number of hydrogen-bond acceptors (Lipinski definition) is 4. The van der Waals surface area contributed by atoms with Crippen LogP contribution >= 0.6 is 0 Å². The predicted molar refractivity (Wildman–Crippen MR) is 97.1 cm³/mol. The number of nitrogens with two attached hydrogens (primary N) is 1. The molecule has 1 aromatic rings. The minimum absolute atomic E-state index is 0.00788. The molecule has 3 atom stereocenters. The quantitative estimate of drug-likeness (QED) is 0.784. The molecule has 1 aliphatic rings. The molecule has 0 unspecified atom stereocenters. The van der Waals surface area contributed by atoms with Gasteiger partial charge in [0.05, 0.1) is 12.1 Å². The van der Waals surface area contributed by atoms with Crippen molar-refractivity contribution in [3.05, 3.63) is 30.3 Å². The lowest BCUT2D eigenvalue weighted by Crippen LogP contribution is -2.55. The van der Waals surface area contributed by atoms with Crippen molar-refractivity contribution in [1.29, 1.82) is 0 Å². The minimum Gasteiger partial charge on any atom is -0.491 e. The van der Waals surface area contributed by atoms with E-state index in [1.165, 1.54) is 0 Å². The lowest BCUT2D eigenvalue weighted by atomic mass is 10.0. The Kier molecular flexibility index (Phi) is 6.82. The van der Waals surface area contributed by atoms with Crippen LogP contribution in [0.25, 0.3) is 0 Å². The summed E-state index contributed by atoms with van der Waals surface area (Å²) >= 11 is 0. The normalized spacial score (nSPS) is 19.6. The third-order valence-electron chi connectivity index (χ3n) is 4.49. The van der Waals surface area contributed by atoms with Gasteiger partial charge in [-0.2, -0.15) is 0 Å². The maximum absolute atomic E-state index is 13.0. The number of benzene rings is 1. The van der Waals surface area contributed by atoms with E-state index >= 15 is 0 Å². The molecule has 6 nitrogen and oxygen atoms in total. The summed E-state index contributed by atoms with van der Waals surface area (Å²) in [5.41, 5.74) is 5.62. The fourth-order valence-electron chi connectivity index (χ4n) is 2.99. The summed E-state index contributed by atoms with van der Waals surface area (Å²) in [5.74, 6) is 0.436. The maximum atomic E-state index is 13.0. The van der Waals surface area contributed by atoms with Gasteiger partial charge in [0.2, 0.25) is 11.8 Å². The van der Waals surface area contributed by atoms with E-state index in [9.17, 15) is 9.59 Å². The van der Waals surface area contributed by atoms with Gasteiger partial charge >= 0.3 is 0 Å². The van der Waals surface area contributed by atoms with Crippen molar-refractivity contribution in [2.24, 2.45) is 11.7 Å². The first kappa shape index (κ1) is 19.2. The number of nitrogens with zero attached hydrogens (tertiary/aromatic N) is 1. The van der Waals surface area contributed by atoms with Crippen LogP contribution in [0.3, 0.4) is 0 Å². The Morgan fingerprint density at radius 2 is 1.96 bits per heavy atom. The van der Waals surface area contributed by atoms with E-state index in [0.29, 0.717) is 13.2 Å². The van der Waals surface area contributed by atoms with Crippen LogP contribution in [0.5, 0.6) is 5.75 Å². The van der Waals surface area contributed by atoms with E-state index in [1.54, 1.807) is 6.92 Å². The number of ether oxygens (including phenoxy) is 1. The lowest BCUT2D eigenvalue weighted by molar-refractivity contribution is -0.139. The fourth-order valence-corrected chi connectivity index (χ4v) is 2.99. The van der Waals surface area contributed by atoms with E-state index < -0.39 is 12.1 Å². The molecule has 0 bridgehead atoms. The molecule has 0 saturated carbocycles. The molecule has 138 valence electrons. The Bertz CT molecular complexity index is 575. The molecule has 1 heterocycles. The van der Waals surface area contributed by atoms with Gasteiger partial charge in [0.1, 0.15) is 18.4 Å². The monoisotopic (exact) mass is 347 g/mol. The van der Waals surface area contributed by atoms with Gasteiger partial charge in [-0.15, -0.1) is 0 Å². The molecule has 0 aliphatic carbocycles. The van der Waals surface area contributed by atoms with Crippen LogP contribution in [-0.2, 0) is 9.59 Å². The summed E-state index contributed by atoms with van der Waals surface area (Å²) < 4.78 is 5.83. The van der Waals surface area contributed by atoms with Gasteiger partial charge in [-0.3, -0.25) is 9.59 Å². The average molecular weight is 347 g/mol. The number of rotatable bonds is 7. The summed E-state index contributed by atoms with van der Waals surface area (Å²) in [4.78, 5) is 26.8. The highest BCUT2D eigenvalue weighted by molar-refractivity contribution is 5.90. The predicted octanol–water partition coefficient (Wildman–Crippen LogP) is 1.54.